The first-order chi connectivity index (χ1) is 7.38. The quantitative estimate of drug-likeness (QED) is 0.804. The zero-order valence-electron chi connectivity index (χ0n) is 9.20. The van der Waals surface area contributed by atoms with Crippen molar-refractivity contribution in [2.24, 2.45) is 5.92 Å². The largest absolute Gasteiger partial charge is 0.495 e. The van der Waals surface area contributed by atoms with Crippen LogP contribution in [0.5, 0.6) is 5.75 Å². The van der Waals surface area contributed by atoms with Gasteiger partial charge in [0, 0.05) is 6.54 Å². The van der Waals surface area contributed by atoms with Crippen molar-refractivity contribution >= 4 is 5.82 Å². The summed E-state index contributed by atoms with van der Waals surface area (Å²) in [7, 11) is 1.65. The maximum absolute atomic E-state index is 5.05. The molecular formula is C12H18N2O. The molecule has 0 bridgehead atoms. The fraction of sp³-hybridized carbons (Fsp3) is 0.583. The third kappa shape index (κ3) is 2.85. The molecule has 1 fully saturated rings. The van der Waals surface area contributed by atoms with Crippen molar-refractivity contribution in [3.63, 3.8) is 0 Å². The molecule has 1 aliphatic rings. The standard InChI is InChI=1S/C12H18N2O/c1-15-11-5-6-12(14-9-11)13-8-7-10-3-2-4-10/h5-6,9-10H,2-4,7-8H2,1H3,(H,13,14). The average molecular weight is 206 g/mol. The van der Waals surface area contributed by atoms with E-state index >= 15 is 0 Å². The van der Waals surface area contributed by atoms with Gasteiger partial charge in [0.2, 0.25) is 0 Å². The lowest BCUT2D eigenvalue weighted by atomic mass is 9.83. The highest BCUT2D eigenvalue weighted by Crippen LogP contribution is 2.29. The summed E-state index contributed by atoms with van der Waals surface area (Å²) in [5.74, 6) is 2.70. The second kappa shape index (κ2) is 5.01. The lowest BCUT2D eigenvalue weighted by Crippen LogP contribution is -2.15. The molecule has 1 aromatic heterocycles. The van der Waals surface area contributed by atoms with Crippen LogP contribution < -0.4 is 10.1 Å². The molecule has 0 unspecified atom stereocenters. The normalized spacial score (nSPS) is 15.8. The lowest BCUT2D eigenvalue weighted by molar-refractivity contribution is 0.303. The van der Waals surface area contributed by atoms with E-state index in [9.17, 15) is 0 Å². The van der Waals surface area contributed by atoms with E-state index in [2.05, 4.69) is 10.3 Å². The number of hydrogen-bond acceptors (Lipinski definition) is 3. The molecule has 0 atom stereocenters. The zero-order valence-corrected chi connectivity index (χ0v) is 9.20. The average Bonchev–Trinajstić information content (AvgIpc) is 2.23. The first-order valence-electron chi connectivity index (χ1n) is 5.62. The summed E-state index contributed by atoms with van der Waals surface area (Å²) in [6.45, 7) is 1.03. The summed E-state index contributed by atoms with van der Waals surface area (Å²) in [6, 6.07) is 3.89. The van der Waals surface area contributed by atoms with Crippen LogP contribution in [0.1, 0.15) is 25.7 Å². The predicted octanol–water partition coefficient (Wildman–Crippen LogP) is 2.69. The molecule has 0 radical (unpaired) electrons. The highest BCUT2D eigenvalue weighted by atomic mass is 16.5. The number of nitrogens with zero attached hydrogens (tertiary/aromatic N) is 1. The van der Waals surface area contributed by atoms with Crippen LogP contribution in [-0.2, 0) is 0 Å². The predicted molar refractivity (Wildman–Crippen MR) is 61.2 cm³/mol. The molecule has 82 valence electrons. The molecule has 1 N–H and O–H groups in total. The topological polar surface area (TPSA) is 34.1 Å². The lowest BCUT2D eigenvalue weighted by Gasteiger charge is -2.25. The van der Waals surface area contributed by atoms with Crippen molar-refractivity contribution in [1.82, 2.24) is 4.98 Å². The van der Waals surface area contributed by atoms with Gasteiger partial charge in [-0.2, -0.15) is 0 Å². The van der Waals surface area contributed by atoms with Crippen LogP contribution in [0.25, 0.3) is 0 Å². The third-order valence-electron chi connectivity index (χ3n) is 3.06. The molecule has 1 aromatic rings. The van der Waals surface area contributed by atoms with E-state index in [4.69, 9.17) is 4.74 Å². The Labute approximate surface area is 90.9 Å². The van der Waals surface area contributed by atoms with Gasteiger partial charge in [0.05, 0.1) is 13.3 Å². The summed E-state index contributed by atoms with van der Waals surface area (Å²) < 4.78 is 5.05. The van der Waals surface area contributed by atoms with Gasteiger partial charge in [-0.05, 0) is 24.5 Å². The monoisotopic (exact) mass is 206 g/mol. The Morgan fingerprint density at radius 3 is 2.87 bits per heavy atom. The highest BCUT2D eigenvalue weighted by molar-refractivity contribution is 5.37. The van der Waals surface area contributed by atoms with Crippen LogP contribution in [0.2, 0.25) is 0 Å². The minimum atomic E-state index is 0.805. The van der Waals surface area contributed by atoms with Gasteiger partial charge in [-0.25, -0.2) is 4.98 Å². The number of aromatic nitrogens is 1. The zero-order chi connectivity index (χ0) is 10.5. The van der Waals surface area contributed by atoms with E-state index in [1.54, 1.807) is 13.3 Å². The summed E-state index contributed by atoms with van der Waals surface area (Å²) in [5, 5.41) is 3.33. The van der Waals surface area contributed by atoms with E-state index in [1.807, 2.05) is 12.1 Å². The van der Waals surface area contributed by atoms with Crippen LogP contribution in [-0.4, -0.2) is 18.6 Å². The van der Waals surface area contributed by atoms with E-state index in [-0.39, 0.29) is 0 Å². The van der Waals surface area contributed by atoms with Crippen LogP contribution in [0, 0.1) is 5.92 Å². The number of nitrogens with one attached hydrogen (secondary N) is 1. The summed E-state index contributed by atoms with van der Waals surface area (Å²) in [5.41, 5.74) is 0. The fourth-order valence-electron chi connectivity index (χ4n) is 1.79. The molecule has 0 aromatic carbocycles. The van der Waals surface area contributed by atoms with E-state index < -0.39 is 0 Å². The summed E-state index contributed by atoms with van der Waals surface area (Å²) in [4.78, 5) is 4.25. The van der Waals surface area contributed by atoms with Gasteiger partial charge in [0.25, 0.3) is 0 Å². The second-order valence-electron chi connectivity index (χ2n) is 4.10. The minimum absolute atomic E-state index is 0.805. The summed E-state index contributed by atoms with van der Waals surface area (Å²) in [6.07, 6.45) is 7.26. The molecule has 1 heterocycles. The molecule has 3 nitrogen and oxygen atoms in total. The van der Waals surface area contributed by atoms with Gasteiger partial charge in [-0.15, -0.1) is 0 Å². The number of methoxy groups -OCH3 is 1. The molecule has 1 saturated carbocycles. The highest BCUT2D eigenvalue weighted by Gasteiger charge is 2.16. The molecule has 3 heteroatoms. The minimum Gasteiger partial charge on any atom is -0.495 e. The Balaban J connectivity index is 1.72. The van der Waals surface area contributed by atoms with Crippen molar-refractivity contribution in [3.8, 4) is 5.75 Å². The molecule has 15 heavy (non-hydrogen) atoms. The smallest absolute Gasteiger partial charge is 0.137 e. The molecule has 0 aliphatic heterocycles. The van der Waals surface area contributed by atoms with Crippen molar-refractivity contribution in [3.05, 3.63) is 18.3 Å². The molecule has 1 aliphatic carbocycles. The fourth-order valence-corrected chi connectivity index (χ4v) is 1.79. The molecular weight excluding hydrogens is 188 g/mol. The second-order valence-corrected chi connectivity index (χ2v) is 4.10. The first kappa shape index (κ1) is 10.3. The Morgan fingerprint density at radius 1 is 1.47 bits per heavy atom. The molecule has 0 spiro atoms. The molecule has 0 amide bonds. The number of hydrogen-bond donors (Lipinski definition) is 1. The van der Waals surface area contributed by atoms with Gasteiger partial charge in [-0.1, -0.05) is 19.3 Å². The molecule has 0 saturated heterocycles. The van der Waals surface area contributed by atoms with Gasteiger partial charge in [0.15, 0.2) is 0 Å². The van der Waals surface area contributed by atoms with Crippen molar-refractivity contribution in [1.29, 1.82) is 0 Å². The third-order valence-corrected chi connectivity index (χ3v) is 3.06. The van der Waals surface area contributed by atoms with E-state index in [0.717, 1.165) is 24.0 Å². The maximum Gasteiger partial charge on any atom is 0.137 e. The van der Waals surface area contributed by atoms with Crippen molar-refractivity contribution < 1.29 is 4.74 Å². The SMILES string of the molecule is COc1ccc(NCCC2CCC2)nc1. The Morgan fingerprint density at radius 2 is 2.33 bits per heavy atom. The van der Waals surface area contributed by atoms with Gasteiger partial charge < -0.3 is 10.1 Å². The van der Waals surface area contributed by atoms with E-state index in [0.29, 0.717) is 0 Å². The van der Waals surface area contributed by atoms with Crippen molar-refractivity contribution in [2.75, 3.05) is 19.0 Å². The van der Waals surface area contributed by atoms with Gasteiger partial charge in [-0.3, -0.25) is 0 Å². The maximum atomic E-state index is 5.05. The summed E-state index contributed by atoms with van der Waals surface area (Å²) >= 11 is 0. The van der Waals surface area contributed by atoms with Crippen LogP contribution in [0.3, 0.4) is 0 Å². The van der Waals surface area contributed by atoms with Gasteiger partial charge >= 0.3 is 0 Å². The number of anilines is 1. The van der Waals surface area contributed by atoms with Crippen LogP contribution in [0.15, 0.2) is 18.3 Å². The first-order valence-corrected chi connectivity index (χ1v) is 5.62. The molecule has 2 rings (SSSR count). The number of pyridine rings is 1. The van der Waals surface area contributed by atoms with Crippen molar-refractivity contribution in [2.45, 2.75) is 25.7 Å². The Bertz CT molecular complexity index is 293. The van der Waals surface area contributed by atoms with Crippen LogP contribution >= 0.6 is 0 Å². The van der Waals surface area contributed by atoms with Crippen LogP contribution in [0.4, 0.5) is 5.82 Å². The number of ether oxygens (including phenoxy) is 1. The Kier molecular flexibility index (Phi) is 3.43. The Hall–Kier alpha value is -1.25. The van der Waals surface area contributed by atoms with Gasteiger partial charge in [0.1, 0.15) is 11.6 Å². The van der Waals surface area contributed by atoms with E-state index in [1.165, 1.54) is 25.7 Å². The number of rotatable bonds is 5.